The molecule has 1 aromatic heterocycles. The molecule has 13 heteroatoms. The number of carbonyl (C=O) groups is 3. The molecule has 3 amide bonds. The molecular formula is C31H29ClF2N6O4. The maximum absolute atomic E-state index is 14.2. The first-order valence-corrected chi connectivity index (χ1v) is 14.7. The van der Waals surface area contributed by atoms with Crippen molar-refractivity contribution in [3.8, 4) is 5.75 Å². The van der Waals surface area contributed by atoms with Crippen molar-refractivity contribution in [1.29, 1.82) is 0 Å². The second-order valence-electron chi connectivity index (χ2n) is 11.4. The van der Waals surface area contributed by atoms with Crippen LogP contribution in [0.4, 0.5) is 14.5 Å². The fourth-order valence-corrected chi connectivity index (χ4v) is 5.99. The molecule has 44 heavy (non-hydrogen) atoms. The predicted molar refractivity (Wildman–Crippen MR) is 156 cm³/mol. The van der Waals surface area contributed by atoms with Crippen molar-refractivity contribution in [2.45, 2.75) is 70.4 Å². The Morgan fingerprint density at radius 2 is 1.91 bits per heavy atom. The summed E-state index contributed by atoms with van der Waals surface area (Å²) in [5.41, 5.74) is 2.61. The minimum atomic E-state index is -2.96. The van der Waals surface area contributed by atoms with E-state index in [0.29, 0.717) is 28.8 Å². The lowest BCUT2D eigenvalue weighted by atomic mass is 9.96. The van der Waals surface area contributed by atoms with Gasteiger partial charge in [0.05, 0.1) is 31.4 Å². The summed E-state index contributed by atoms with van der Waals surface area (Å²) in [4.78, 5) is 48.0. The minimum Gasteiger partial charge on any atom is -0.435 e. The van der Waals surface area contributed by atoms with Crippen molar-refractivity contribution in [2.75, 3.05) is 6.54 Å². The third kappa shape index (κ3) is 5.48. The molecule has 0 saturated heterocycles. The molecule has 3 atom stereocenters. The van der Waals surface area contributed by atoms with Gasteiger partial charge in [-0.1, -0.05) is 35.9 Å². The summed E-state index contributed by atoms with van der Waals surface area (Å²) in [6.07, 6.45) is 2.15. The van der Waals surface area contributed by atoms with Gasteiger partial charge in [0.2, 0.25) is 11.6 Å². The van der Waals surface area contributed by atoms with Gasteiger partial charge < -0.3 is 19.9 Å². The van der Waals surface area contributed by atoms with Crippen molar-refractivity contribution in [3.63, 3.8) is 0 Å². The number of ether oxygens (including phenoxy) is 1. The number of rotatable bonds is 7. The standard InChI is InChI=1S/C31H29ClF2N6O4/c1-16-12-24-22(14-38(16)29(42)19-6-11-23(32)25(13-19)35-3)27-30(43)39(15-26(40(27)37-24)28(41)36-20-7-8-20)17(2)18-4-9-21(10-5-18)44-31(33)34/h4-6,9-11,13,16-17,20,26,31H,7-8,12,14-15H2,1-2H3,(H,36,41)/t16-,17-,26+/m1/s1. The maximum Gasteiger partial charge on any atom is 0.387 e. The van der Waals surface area contributed by atoms with Crippen LogP contribution in [0, 0.1) is 6.57 Å². The van der Waals surface area contributed by atoms with Crippen LogP contribution in [-0.4, -0.2) is 62.5 Å². The highest BCUT2D eigenvalue weighted by molar-refractivity contribution is 6.33. The van der Waals surface area contributed by atoms with Gasteiger partial charge in [0.15, 0.2) is 0 Å². The summed E-state index contributed by atoms with van der Waals surface area (Å²) in [6, 6.07) is 9.11. The van der Waals surface area contributed by atoms with Crippen molar-refractivity contribution in [2.24, 2.45) is 0 Å². The molecule has 3 aliphatic rings. The first-order valence-electron chi connectivity index (χ1n) is 14.3. The van der Waals surface area contributed by atoms with Crippen LogP contribution in [0.1, 0.15) is 76.4 Å². The number of halogens is 3. The van der Waals surface area contributed by atoms with Crippen LogP contribution in [-0.2, 0) is 17.8 Å². The first kappa shape index (κ1) is 29.6. The summed E-state index contributed by atoms with van der Waals surface area (Å²) in [5, 5.41) is 8.04. The van der Waals surface area contributed by atoms with E-state index >= 15 is 0 Å². The van der Waals surface area contributed by atoms with Crippen molar-refractivity contribution >= 4 is 35.0 Å². The second-order valence-corrected chi connectivity index (χ2v) is 11.8. The number of nitrogens with zero attached hydrogens (tertiary/aromatic N) is 5. The Balaban J connectivity index is 1.35. The number of fused-ring (bicyclic) bond motifs is 3. The van der Waals surface area contributed by atoms with Gasteiger partial charge >= 0.3 is 6.61 Å². The monoisotopic (exact) mass is 622 g/mol. The molecule has 10 nitrogen and oxygen atoms in total. The zero-order valence-electron chi connectivity index (χ0n) is 24.0. The van der Waals surface area contributed by atoms with Crippen molar-refractivity contribution < 1.29 is 27.9 Å². The van der Waals surface area contributed by atoms with Gasteiger partial charge in [-0.15, -0.1) is 0 Å². The predicted octanol–water partition coefficient (Wildman–Crippen LogP) is 5.31. The molecule has 6 rings (SSSR count). The van der Waals surface area contributed by atoms with E-state index in [4.69, 9.17) is 23.3 Å². The summed E-state index contributed by atoms with van der Waals surface area (Å²) in [7, 11) is 0. The van der Waals surface area contributed by atoms with Gasteiger partial charge in [-0.05, 0) is 50.5 Å². The minimum absolute atomic E-state index is 0.00200. The zero-order chi connectivity index (χ0) is 31.3. The van der Waals surface area contributed by atoms with Crippen LogP contribution < -0.4 is 10.1 Å². The molecular weight excluding hydrogens is 594 g/mol. The maximum atomic E-state index is 14.2. The highest BCUT2D eigenvalue weighted by Crippen LogP contribution is 2.37. The SMILES string of the molecule is [C-]#[N+]c1cc(C(=O)N2Cc3c(nn4c3C(=O)N([C@H](C)c3ccc(OC(F)F)cc3)C[C@H]4C(=O)NC3CC3)C[C@H]2C)ccc1Cl. The van der Waals surface area contributed by atoms with E-state index < -0.39 is 18.7 Å². The fourth-order valence-electron chi connectivity index (χ4n) is 5.83. The fraction of sp³-hybridized carbons (Fsp3) is 0.387. The molecule has 1 fully saturated rings. The van der Waals surface area contributed by atoms with Crippen LogP contribution in [0.2, 0.25) is 5.02 Å². The number of alkyl halides is 2. The molecule has 0 unspecified atom stereocenters. The van der Waals surface area contributed by atoms with E-state index in [1.165, 1.54) is 28.9 Å². The lowest BCUT2D eigenvalue weighted by molar-refractivity contribution is -0.125. The molecule has 228 valence electrons. The van der Waals surface area contributed by atoms with Crippen LogP contribution >= 0.6 is 11.6 Å². The van der Waals surface area contributed by atoms with Crippen LogP contribution in [0.25, 0.3) is 4.85 Å². The summed E-state index contributed by atoms with van der Waals surface area (Å²) >= 11 is 6.09. The van der Waals surface area contributed by atoms with E-state index in [1.54, 1.807) is 28.0 Å². The number of amides is 3. The summed E-state index contributed by atoms with van der Waals surface area (Å²) in [6.45, 7) is 8.24. The Bertz CT molecular complexity index is 1680. The molecule has 3 aromatic rings. The van der Waals surface area contributed by atoms with Gasteiger partial charge in [-0.2, -0.15) is 13.9 Å². The number of aromatic nitrogens is 2. The molecule has 1 aliphatic carbocycles. The Morgan fingerprint density at radius 1 is 1.18 bits per heavy atom. The Morgan fingerprint density at radius 3 is 2.57 bits per heavy atom. The summed E-state index contributed by atoms with van der Waals surface area (Å²) < 4.78 is 31.3. The summed E-state index contributed by atoms with van der Waals surface area (Å²) in [5.74, 6) is -0.906. The van der Waals surface area contributed by atoms with Crippen molar-refractivity contribution in [3.05, 3.63) is 87.0 Å². The number of hydrogen-bond acceptors (Lipinski definition) is 5. The van der Waals surface area contributed by atoms with E-state index in [0.717, 1.165) is 12.8 Å². The van der Waals surface area contributed by atoms with Gasteiger partial charge in [-0.25, -0.2) is 9.53 Å². The number of nitrogens with one attached hydrogen (secondary N) is 1. The average Bonchev–Trinajstić information content (AvgIpc) is 3.73. The highest BCUT2D eigenvalue weighted by atomic mass is 35.5. The largest absolute Gasteiger partial charge is 0.435 e. The van der Waals surface area contributed by atoms with E-state index in [-0.39, 0.29) is 65.0 Å². The topological polar surface area (TPSA) is 101 Å². The molecule has 0 radical (unpaired) electrons. The third-order valence-corrected chi connectivity index (χ3v) is 8.74. The van der Waals surface area contributed by atoms with Crippen LogP contribution in [0.15, 0.2) is 42.5 Å². The van der Waals surface area contributed by atoms with Gasteiger partial charge in [-0.3, -0.25) is 14.4 Å². The lowest BCUT2D eigenvalue weighted by Gasteiger charge is -2.38. The van der Waals surface area contributed by atoms with E-state index in [2.05, 4.69) is 14.9 Å². The van der Waals surface area contributed by atoms with Gasteiger partial charge in [0.1, 0.15) is 17.5 Å². The third-order valence-electron chi connectivity index (χ3n) is 8.43. The van der Waals surface area contributed by atoms with Gasteiger partial charge in [0.25, 0.3) is 11.8 Å². The highest BCUT2D eigenvalue weighted by Gasteiger charge is 2.44. The number of carbonyl (C=O) groups excluding carboxylic acids is 3. The number of hydrogen-bond donors (Lipinski definition) is 1. The average molecular weight is 623 g/mol. The molecule has 3 heterocycles. The molecule has 0 spiro atoms. The van der Waals surface area contributed by atoms with E-state index in [9.17, 15) is 23.2 Å². The molecule has 2 aromatic carbocycles. The van der Waals surface area contributed by atoms with Gasteiger partial charge in [0, 0.05) is 34.7 Å². The lowest BCUT2D eigenvalue weighted by Crippen LogP contribution is -2.50. The smallest absolute Gasteiger partial charge is 0.387 e. The van der Waals surface area contributed by atoms with Crippen molar-refractivity contribution in [1.82, 2.24) is 24.9 Å². The quantitative estimate of drug-likeness (QED) is 0.360. The van der Waals surface area contributed by atoms with E-state index in [1.807, 2.05) is 13.8 Å². The Labute approximate surface area is 257 Å². The molecule has 1 N–H and O–H groups in total. The molecule has 0 bridgehead atoms. The molecule has 1 saturated carbocycles. The molecule has 2 aliphatic heterocycles. The first-order chi connectivity index (χ1) is 21.0. The Kier molecular flexibility index (Phi) is 7.75. The second kappa shape index (κ2) is 11.5. The van der Waals surface area contributed by atoms with Crippen LogP contribution in [0.3, 0.4) is 0 Å². The zero-order valence-corrected chi connectivity index (χ0v) is 24.7. The normalized spacial score (nSPS) is 20.1. The Hall–Kier alpha value is -4.50. The number of benzene rings is 2. The van der Waals surface area contributed by atoms with Crippen LogP contribution in [0.5, 0.6) is 5.75 Å².